The number of ketones is 1. The van der Waals surface area contributed by atoms with E-state index in [0.717, 1.165) is 11.1 Å². The third-order valence-electron chi connectivity index (χ3n) is 7.05. The van der Waals surface area contributed by atoms with Crippen LogP contribution in [-0.2, 0) is 23.9 Å². The van der Waals surface area contributed by atoms with E-state index in [4.69, 9.17) is 18.9 Å². The summed E-state index contributed by atoms with van der Waals surface area (Å²) in [5.74, 6) is -0.534. The summed E-state index contributed by atoms with van der Waals surface area (Å²) in [6.07, 6.45) is 0.218. The van der Waals surface area contributed by atoms with Gasteiger partial charge < -0.3 is 29.2 Å². The highest BCUT2D eigenvalue weighted by molar-refractivity contribution is 5.86. The van der Waals surface area contributed by atoms with Crippen molar-refractivity contribution in [3.8, 4) is 33.8 Å². The molecule has 0 unspecified atom stereocenters. The summed E-state index contributed by atoms with van der Waals surface area (Å²) >= 11 is 0. The molecule has 0 bridgehead atoms. The SMILES string of the molecule is CC(=O)CN(CCCC(=O)Oc1cc(-c2ccccc2)c(OC(=O)NCCCCC(=O)OC(C)(C)C)cc1-c1ccccc1)C(=O)OC(C)(C)C. The lowest BCUT2D eigenvalue weighted by atomic mass is 9.98. The number of rotatable bonds is 15. The lowest BCUT2D eigenvalue weighted by molar-refractivity contribution is -0.155. The lowest BCUT2D eigenvalue weighted by Gasteiger charge is -2.26. The van der Waals surface area contributed by atoms with Crippen molar-refractivity contribution < 1.29 is 42.9 Å². The van der Waals surface area contributed by atoms with Gasteiger partial charge in [0, 0.05) is 37.1 Å². The monoisotopic (exact) mass is 702 g/mol. The van der Waals surface area contributed by atoms with E-state index >= 15 is 0 Å². The molecule has 0 spiro atoms. The topological polar surface area (TPSA) is 138 Å². The largest absolute Gasteiger partial charge is 0.460 e. The highest BCUT2D eigenvalue weighted by atomic mass is 16.6. The maximum atomic E-state index is 13.2. The van der Waals surface area contributed by atoms with Crippen LogP contribution in [0.5, 0.6) is 11.5 Å². The minimum Gasteiger partial charge on any atom is -0.460 e. The Balaban J connectivity index is 1.79. The van der Waals surface area contributed by atoms with Gasteiger partial charge in [0.2, 0.25) is 0 Å². The number of hydrogen-bond donors (Lipinski definition) is 1. The number of hydrogen-bond acceptors (Lipinski definition) is 9. The molecule has 3 rings (SSSR count). The first kappa shape index (κ1) is 40.2. The van der Waals surface area contributed by atoms with Crippen molar-refractivity contribution in [3.05, 3.63) is 72.8 Å². The smallest absolute Gasteiger partial charge is 0.412 e. The summed E-state index contributed by atoms with van der Waals surface area (Å²) in [4.78, 5) is 64.0. The Bertz CT molecular complexity index is 1640. The minimum absolute atomic E-state index is 0.0410. The molecule has 1 N–H and O–H groups in total. The highest BCUT2D eigenvalue weighted by Crippen LogP contribution is 2.41. The van der Waals surface area contributed by atoms with Crippen molar-refractivity contribution in [3.63, 3.8) is 0 Å². The van der Waals surface area contributed by atoms with Gasteiger partial charge >= 0.3 is 24.1 Å². The van der Waals surface area contributed by atoms with E-state index < -0.39 is 29.4 Å². The molecule has 0 heterocycles. The molecule has 0 aliphatic heterocycles. The summed E-state index contributed by atoms with van der Waals surface area (Å²) in [6.45, 7) is 12.3. The number of esters is 2. The van der Waals surface area contributed by atoms with Gasteiger partial charge in [-0.1, -0.05) is 60.7 Å². The number of benzene rings is 3. The first-order valence-corrected chi connectivity index (χ1v) is 17.1. The van der Waals surface area contributed by atoms with Crippen LogP contribution in [-0.4, -0.2) is 65.6 Å². The fraction of sp³-hybridized carbons (Fsp3) is 0.425. The fourth-order valence-corrected chi connectivity index (χ4v) is 4.95. The van der Waals surface area contributed by atoms with E-state index in [1.807, 2.05) is 81.4 Å². The van der Waals surface area contributed by atoms with Gasteiger partial charge in [-0.3, -0.25) is 14.4 Å². The van der Waals surface area contributed by atoms with E-state index in [-0.39, 0.29) is 55.6 Å². The number of Topliss-reactive ketones (excluding diaryl/α,β-unsaturated/α-hetero) is 1. The van der Waals surface area contributed by atoms with Crippen LogP contribution in [0, 0.1) is 0 Å². The van der Waals surface area contributed by atoms with Gasteiger partial charge in [-0.15, -0.1) is 0 Å². The first-order valence-electron chi connectivity index (χ1n) is 17.1. The molecule has 0 saturated heterocycles. The molecule has 0 radical (unpaired) electrons. The van der Waals surface area contributed by atoms with Crippen LogP contribution in [0.1, 0.15) is 80.6 Å². The second-order valence-corrected chi connectivity index (χ2v) is 14.1. The van der Waals surface area contributed by atoms with Crippen LogP contribution in [0.15, 0.2) is 72.8 Å². The third-order valence-corrected chi connectivity index (χ3v) is 7.05. The van der Waals surface area contributed by atoms with E-state index in [1.165, 1.54) is 11.8 Å². The van der Waals surface area contributed by atoms with Crippen molar-refractivity contribution in [1.29, 1.82) is 0 Å². The van der Waals surface area contributed by atoms with Gasteiger partial charge in [0.05, 0.1) is 6.54 Å². The zero-order valence-electron chi connectivity index (χ0n) is 30.7. The summed E-state index contributed by atoms with van der Waals surface area (Å²) in [7, 11) is 0. The fourth-order valence-electron chi connectivity index (χ4n) is 4.95. The maximum absolute atomic E-state index is 13.2. The third kappa shape index (κ3) is 14.7. The summed E-state index contributed by atoms with van der Waals surface area (Å²) in [5.41, 5.74) is 1.21. The molecular formula is C40H50N2O9. The van der Waals surface area contributed by atoms with Crippen LogP contribution < -0.4 is 14.8 Å². The van der Waals surface area contributed by atoms with Crippen LogP contribution in [0.4, 0.5) is 9.59 Å². The zero-order valence-corrected chi connectivity index (χ0v) is 30.7. The van der Waals surface area contributed by atoms with E-state index in [1.54, 1.807) is 32.9 Å². The summed E-state index contributed by atoms with van der Waals surface area (Å²) in [5, 5.41) is 2.75. The molecule has 0 fully saturated rings. The lowest BCUT2D eigenvalue weighted by Crippen LogP contribution is -2.40. The second kappa shape index (κ2) is 18.7. The van der Waals surface area contributed by atoms with Crippen LogP contribution in [0.25, 0.3) is 22.3 Å². The molecule has 0 aliphatic rings. The van der Waals surface area contributed by atoms with Gasteiger partial charge in [-0.25, -0.2) is 9.59 Å². The Kier molecular flexibility index (Phi) is 14.8. The quantitative estimate of drug-likeness (QED) is 0.0945. The van der Waals surface area contributed by atoms with Crippen molar-refractivity contribution in [2.24, 2.45) is 0 Å². The van der Waals surface area contributed by atoms with Gasteiger partial charge in [0.25, 0.3) is 0 Å². The number of amides is 2. The van der Waals surface area contributed by atoms with Gasteiger partial charge in [-0.2, -0.15) is 0 Å². The molecule has 274 valence electrons. The highest BCUT2D eigenvalue weighted by Gasteiger charge is 2.24. The predicted molar refractivity (Wildman–Crippen MR) is 194 cm³/mol. The standard InChI is InChI=1S/C40H50N2O9/c1-28(43)27-42(38(47)51-40(5,6)7)24-16-22-35(44)48-33-25-32(30-19-12-9-13-20-30)34(26-31(33)29-17-10-8-11-18-29)49-37(46)41-23-15-14-21-36(45)50-39(2,3)4/h8-13,17-20,25-26H,14-16,21-24,27H2,1-7H3,(H,41,46). The molecule has 11 nitrogen and oxygen atoms in total. The molecule has 3 aromatic carbocycles. The predicted octanol–water partition coefficient (Wildman–Crippen LogP) is 8.13. The maximum Gasteiger partial charge on any atom is 0.412 e. The molecule has 0 aromatic heterocycles. The van der Waals surface area contributed by atoms with Gasteiger partial charge in [0.1, 0.15) is 28.5 Å². The average Bonchev–Trinajstić information content (AvgIpc) is 3.03. The van der Waals surface area contributed by atoms with Crippen molar-refractivity contribution >= 4 is 29.9 Å². The molecule has 11 heteroatoms. The van der Waals surface area contributed by atoms with Crippen LogP contribution in [0.2, 0.25) is 0 Å². The van der Waals surface area contributed by atoms with Crippen LogP contribution in [0.3, 0.4) is 0 Å². The Labute approximate surface area is 300 Å². The number of nitrogens with zero attached hydrogens (tertiary/aromatic N) is 1. The normalized spacial score (nSPS) is 11.3. The van der Waals surface area contributed by atoms with Crippen LogP contribution >= 0.6 is 0 Å². The summed E-state index contributed by atoms with van der Waals surface area (Å²) < 4.78 is 22.5. The average molecular weight is 703 g/mol. The Hall–Kier alpha value is -5.19. The van der Waals surface area contributed by atoms with E-state index in [2.05, 4.69) is 5.32 Å². The molecule has 0 aliphatic carbocycles. The summed E-state index contributed by atoms with van der Waals surface area (Å²) in [6, 6.07) is 21.8. The number of carbonyl (C=O) groups excluding carboxylic acids is 5. The van der Waals surface area contributed by atoms with Crippen molar-refractivity contribution in [2.75, 3.05) is 19.6 Å². The van der Waals surface area contributed by atoms with Crippen molar-refractivity contribution in [1.82, 2.24) is 10.2 Å². The zero-order chi connectivity index (χ0) is 37.6. The minimum atomic E-state index is -0.741. The van der Waals surface area contributed by atoms with Crippen molar-refractivity contribution in [2.45, 2.75) is 91.8 Å². The van der Waals surface area contributed by atoms with Gasteiger partial charge in [-0.05, 0) is 91.0 Å². The number of carbonyl (C=O) groups is 5. The Morgan fingerprint density at radius 2 is 1.16 bits per heavy atom. The molecule has 0 atom stereocenters. The number of ether oxygens (including phenoxy) is 4. The number of nitrogens with one attached hydrogen (secondary N) is 1. The number of unbranched alkanes of at least 4 members (excludes halogenated alkanes) is 1. The molecule has 51 heavy (non-hydrogen) atoms. The molecular weight excluding hydrogens is 652 g/mol. The Morgan fingerprint density at radius 3 is 1.67 bits per heavy atom. The first-order chi connectivity index (χ1) is 24.0. The molecule has 0 saturated carbocycles. The molecule has 3 aromatic rings. The van der Waals surface area contributed by atoms with E-state index in [0.29, 0.717) is 30.5 Å². The van der Waals surface area contributed by atoms with Gasteiger partial charge in [0.15, 0.2) is 0 Å². The molecule has 2 amide bonds. The Morgan fingerprint density at radius 1 is 0.647 bits per heavy atom. The van der Waals surface area contributed by atoms with E-state index in [9.17, 15) is 24.0 Å². The second-order valence-electron chi connectivity index (χ2n) is 14.1.